The number of carbonyl (C=O) groups is 2. The molecule has 3 rings (SSSR count). The van der Waals surface area contributed by atoms with Crippen LogP contribution in [-0.2, 0) is 16.0 Å². The molecule has 0 bridgehead atoms. The standard InChI is InChI=1S/C19H20N2O3/c22-17(12-5-4-9-14-7-2-1-3-8-14)20-15-10-6-11-16-19(15)24-13-18(23)21-16/h1-3,6-8,10-11H,4-5,9,12-13H2,(H,20,22)(H,21,23). The fraction of sp³-hybridized carbons (Fsp3) is 0.263. The molecule has 0 radical (unpaired) electrons. The van der Waals surface area contributed by atoms with E-state index in [0.29, 0.717) is 23.5 Å². The van der Waals surface area contributed by atoms with Crippen molar-refractivity contribution in [1.29, 1.82) is 0 Å². The van der Waals surface area contributed by atoms with Gasteiger partial charge in [-0.3, -0.25) is 9.59 Å². The molecule has 1 aliphatic heterocycles. The summed E-state index contributed by atoms with van der Waals surface area (Å²) in [6.45, 7) is -0.0308. The Labute approximate surface area is 141 Å². The highest BCUT2D eigenvalue weighted by molar-refractivity contribution is 5.99. The first-order valence-electron chi connectivity index (χ1n) is 8.12. The van der Waals surface area contributed by atoms with E-state index in [9.17, 15) is 9.59 Å². The molecule has 5 heteroatoms. The first-order chi connectivity index (χ1) is 11.7. The van der Waals surface area contributed by atoms with Crippen molar-refractivity contribution < 1.29 is 14.3 Å². The highest BCUT2D eigenvalue weighted by atomic mass is 16.5. The lowest BCUT2D eigenvalue weighted by atomic mass is 10.1. The average Bonchev–Trinajstić information content (AvgIpc) is 2.59. The molecule has 0 spiro atoms. The summed E-state index contributed by atoms with van der Waals surface area (Å²) in [5.74, 6) is 0.290. The molecule has 2 aromatic carbocycles. The van der Waals surface area contributed by atoms with Crippen LogP contribution in [0, 0.1) is 0 Å². The van der Waals surface area contributed by atoms with Crippen LogP contribution in [0.15, 0.2) is 48.5 Å². The SMILES string of the molecule is O=C(CCCCc1ccccc1)Nc1cccc2c1OCC(=O)N2. The second kappa shape index (κ2) is 7.64. The fourth-order valence-corrected chi connectivity index (χ4v) is 2.69. The number of hydrogen-bond acceptors (Lipinski definition) is 3. The maximum absolute atomic E-state index is 12.1. The highest BCUT2D eigenvalue weighted by Gasteiger charge is 2.19. The Morgan fingerprint density at radius 2 is 1.92 bits per heavy atom. The summed E-state index contributed by atoms with van der Waals surface area (Å²) in [6, 6.07) is 15.6. The van der Waals surface area contributed by atoms with Gasteiger partial charge in [-0.15, -0.1) is 0 Å². The van der Waals surface area contributed by atoms with Gasteiger partial charge in [0, 0.05) is 6.42 Å². The van der Waals surface area contributed by atoms with Crippen LogP contribution in [0.3, 0.4) is 0 Å². The summed E-state index contributed by atoms with van der Waals surface area (Å²) in [5, 5.41) is 5.60. The Hall–Kier alpha value is -2.82. The lowest BCUT2D eigenvalue weighted by molar-refractivity contribution is -0.118. The van der Waals surface area contributed by atoms with Gasteiger partial charge in [0.1, 0.15) is 0 Å². The van der Waals surface area contributed by atoms with Crippen molar-refractivity contribution in [2.24, 2.45) is 0 Å². The quantitative estimate of drug-likeness (QED) is 0.801. The van der Waals surface area contributed by atoms with Gasteiger partial charge in [-0.25, -0.2) is 0 Å². The lowest BCUT2D eigenvalue weighted by Gasteiger charge is -2.20. The molecular weight excluding hydrogens is 304 g/mol. The maximum atomic E-state index is 12.1. The number of fused-ring (bicyclic) bond motifs is 1. The molecule has 0 unspecified atom stereocenters. The van der Waals surface area contributed by atoms with E-state index in [-0.39, 0.29) is 18.4 Å². The molecule has 2 amide bonds. The van der Waals surface area contributed by atoms with Gasteiger partial charge >= 0.3 is 0 Å². The van der Waals surface area contributed by atoms with Crippen molar-refractivity contribution in [3.8, 4) is 5.75 Å². The molecule has 2 aromatic rings. The van der Waals surface area contributed by atoms with Gasteiger partial charge < -0.3 is 15.4 Å². The van der Waals surface area contributed by atoms with Gasteiger partial charge in [-0.05, 0) is 37.0 Å². The minimum atomic E-state index is -0.188. The van der Waals surface area contributed by atoms with Gasteiger partial charge in [0.05, 0.1) is 11.4 Å². The number of aryl methyl sites for hydroxylation is 1. The van der Waals surface area contributed by atoms with E-state index in [1.807, 2.05) is 18.2 Å². The van der Waals surface area contributed by atoms with Crippen molar-refractivity contribution in [2.45, 2.75) is 25.7 Å². The van der Waals surface area contributed by atoms with Crippen molar-refractivity contribution >= 4 is 23.2 Å². The number of ether oxygens (including phenoxy) is 1. The van der Waals surface area contributed by atoms with Gasteiger partial charge in [0.15, 0.2) is 12.4 Å². The van der Waals surface area contributed by atoms with Crippen molar-refractivity contribution in [3.63, 3.8) is 0 Å². The second-order valence-corrected chi connectivity index (χ2v) is 5.76. The lowest BCUT2D eigenvalue weighted by Crippen LogP contribution is -2.26. The van der Waals surface area contributed by atoms with E-state index in [2.05, 4.69) is 22.8 Å². The number of benzene rings is 2. The Kier molecular flexibility index (Phi) is 5.11. The van der Waals surface area contributed by atoms with Crippen LogP contribution in [0.4, 0.5) is 11.4 Å². The largest absolute Gasteiger partial charge is 0.479 e. The predicted octanol–water partition coefficient (Wildman–Crippen LogP) is 3.37. The number of unbranched alkanes of at least 4 members (excludes halogenated alkanes) is 1. The number of hydrogen-bond donors (Lipinski definition) is 2. The minimum Gasteiger partial charge on any atom is -0.479 e. The zero-order chi connectivity index (χ0) is 16.8. The molecule has 0 atom stereocenters. The number of rotatable bonds is 6. The predicted molar refractivity (Wildman–Crippen MR) is 93.2 cm³/mol. The van der Waals surface area contributed by atoms with Crippen molar-refractivity contribution in [2.75, 3.05) is 17.2 Å². The van der Waals surface area contributed by atoms with Crippen LogP contribution < -0.4 is 15.4 Å². The Balaban J connectivity index is 1.49. The third kappa shape index (κ3) is 4.13. The summed E-state index contributed by atoms with van der Waals surface area (Å²) >= 11 is 0. The minimum absolute atomic E-state index is 0.0308. The van der Waals surface area contributed by atoms with E-state index in [1.165, 1.54) is 5.56 Å². The second-order valence-electron chi connectivity index (χ2n) is 5.76. The van der Waals surface area contributed by atoms with E-state index >= 15 is 0 Å². The Morgan fingerprint density at radius 3 is 2.75 bits per heavy atom. The summed E-state index contributed by atoms with van der Waals surface area (Å²) in [5.41, 5.74) is 2.48. The van der Waals surface area contributed by atoms with E-state index in [4.69, 9.17) is 4.74 Å². The first kappa shape index (κ1) is 16.1. The van der Waals surface area contributed by atoms with E-state index < -0.39 is 0 Å². The van der Waals surface area contributed by atoms with Crippen molar-refractivity contribution in [3.05, 3.63) is 54.1 Å². The molecular formula is C19H20N2O3. The zero-order valence-electron chi connectivity index (χ0n) is 13.4. The maximum Gasteiger partial charge on any atom is 0.262 e. The van der Waals surface area contributed by atoms with Crippen LogP contribution in [0.2, 0.25) is 0 Å². The summed E-state index contributed by atoms with van der Waals surface area (Å²) in [6.07, 6.45) is 3.23. The third-order valence-electron chi connectivity index (χ3n) is 3.87. The molecule has 0 saturated heterocycles. The van der Waals surface area contributed by atoms with Crippen LogP contribution in [0.25, 0.3) is 0 Å². The van der Waals surface area contributed by atoms with Crippen LogP contribution >= 0.6 is 0 Å². The number of nitrogens with one attached hydrogen (secondary N) is 2. The monoisotopic (exact) mass is 324 g/mol. The van der Waals surface area contributed by atoms with Gasteiger partial charge in [-0.2, -0.15) is 0 Å². The summed E-state index contributed by atoms with van der Waals surface area (Å²) < 4.78 is 5.42. The van der Waals surface area contributed by atoms with Crippen LogP contribution in [0.5, 0.6) is 5.75 Å². The summed E-state index contributed by atoms with van der Waals surface area (Å²) in [7, 11) is 0. The Bertz CT molecular complexity index is 729. The van der Waals surface area contributed by atoms with Crippen LogP contribution in [-0.4, -0.2) is 18.4 Å². The molecule has 0 aliphatic carbocycles. The number of anilines is 2. The van der Waals surface area contributed by atoms with Gasteiger partial charge in [-0.1, -0.05) is 36.4 Å². The zero-order valence-corrected chi connectivity index (χ0v) is 13.4. The molecule has 0 aromatic heterocycles. The van der Waals surface area contributed by atoms with Crippen LogP contribution in [0.1, 0.15) is 24.8 Å². The number of amides is 2. The smallest absolute Gasteiger partial charge is 0.262 e. The molecule has 0 saturated carbocycles. The van der Waals surface area contributed by atoms with E-state index in [0.717, 1.165) is 19.3 Å². The molecule has 24 heavy (non-hydrogen) atoms. The molecule has 1 heterocycles. The molecule has 124 valence electrons. The molecule has 2 N–H and O–H groups in total. The Morgan fingerprint density at radius 1 is 1.08 bits per heavy atom. The van der Waals surface area contributed by atoms with Crippen molar-refractivity contribution in [1.82, 2.24) is 0 Å². The highest BCUT2D eigenvalue weighted by Crippen LogP contribution is 2.35. The normalized spacial score (nSPS) is 12.8. The molecule has 1 aliphatic rings. The summed E-state index contributed by atoms with van der Waals surface area (Å²) in [4.78, 5) is 23.4. The van der Waals surface area contributed by atoms with Gasteiger partial charge in [0.25, 0.3) is 5.91 Å². The third-order valence-corrected chi connectivity index (χ3v) is 3.87. The molecule has 0 fully saturated rings. The van der Waals surface area contributed by atoms with Gasteiger partial charge in [0.2, 0.25) is 5.91 Å². The van der Waals surface area contributed by atoms with E-state index in [1.54, 1.807) is 18.2 Å². The fourth-order valence-electron chi connectivity index (χ4n) is 2.69. The molecule has 5 nitrogen and oxygen atoms in total. The number of carbonyl (C=O) groups excluding carboxylic acids is 2. The topological polar surface area (TPSA) is 67.4 Å². The number of para-hydroxylation sites is 1. The average molecular weight is 324 g/mol. The first-order valence-corrected chi connectivity index (χ1v) is 8.12.